The van der Waals surface area contributed by atoms with Crippen molar-refractivity contribution in [3.05, 3.63) is 34.9 Å². The van der Waals surface area contributed by atoms with Gasteiger partial charge >= 0.3 is 12.0 Å². The number of carbonyl (C=O) groups excluding carboxylic acids is 1. The van der Waals surface area contributed by atoms with Crippen LogP contribution in [0.15, 0.2) is 18.2 Å². The first kappa shape index (κ1) is 15.4. The highest BCUT2D eigenvalue weighted by Crippen LogP contribution is 2.29. The number of hydrogen-bond acceptors (Lipinski definition) is 2. The van der Waals surface area contributed by atoms with Crippen LogP contribution in [0, 0.1) is 13.8 Å². The Kier molecular flexibility index (Phi) is 4.50. The van der Waals surface area contributed by atoms with Crippen LogP contribution >= 0.6 is 0 Å². The summed E-state index contributed by atoms with van der Waals surface area (Å²) >= 11 is 0. The van der Waals surface area contributed by atoms with Crippen LogP contribution in [0.2, 0.25) is 0 Å². The van der Waals surface area contributed by atoms with Gasteiger partial charge in [0.1, 0.15) is 5.54 Å². The standard InChI is InChI=1S/C16H22N2O3/c1-11-7-12(2)9-13(8-11)10-17-15(21)18-16(14(19)20)5-3-4-6-16/h7-9H,3-6,10H2,1-2H3,(H,19,20)(H2,17,18,21). The van der Waals surface area contributed by atoms with Gasteiger partial charge in [0.25, 0.3) is 0 Å². The number of aryl methyl sites for hydroxylation is 2. The first-order valence-corrected chi connectivity index (χ1v) is 7.28. The van der Waals surface area contributed by atoms with E-state index in [-0.39, 0.29) is 0 Å². The summed E-state index contributed by atoms with van der Waals surface area (Å²) in [7, 11) is 0. The predicted octanol–water partition coefficient (Wildman–Crippen LogP) is 2.50. The maximum atomic E-state index is 12.0. The Hall–Kier alpha value is -2.04. The van der Waals surface area contributed by atoms with E-state index in [9.17, 15) is 14.7 Å². The van der Waals surface area contributed by atoms with Crippen molar-refractivity contribution in [3.63, 3.8) is 0 Å². The molecule has 0 unspecified atom stereocenters. The Morgan fingerprint density at radius 2 is 1.71 bits per heavy atom. The van der Waals surface area contributed by atoms with Crippen molar-refractivity contribution in [2.75, 3.05) is 0 Å². The zero-order valence-corrected chi connectivity index (χ0v) is 12.5. The molecule has 0 spiro atoms. The number of benzene rings is 1. The number of carboxylic acids is 1. The van der Waals surface area contributed by atoms with Gasteiger partial charge in [0, 0.05) is 6.54 Å². The SMILES string of the molecule is Cc1cc(C)cc(CNC(=O)NC2(C(=O)O)CCCC2)c1. The largest absolute Gasteiger partial charge is 0.480 e. The van der Waals surface area contributed by atoms with Crippen LogP contribution in [0.5, 0.6) is 0 Å². The number of rotatable bonds is 4. The Morgan fingerprint density at radius 3 is 2.24 bits per heavy atom. The van der Waals surface area contributed by atoms with E-state index in [1.807, 2.05) is 26.0 Å². The van der Waals surface area contributed by atoms with Gasteiger partial charge < -0.3 is 15.7 Å². The van der Waals surface area contributed by atoms with Gasteiger partial charge in [-0.1, -0.05) is 42.2 Å². The fraction of sp³-hybridized carbons (Fsp3) is 0.500. The van der Waals surface area contributed by atoms with Gasteiger partial charge in [-0.3, -0.25) is 0 Å². The quantitative estimate of drug-likeness (QED) is 0.797. The van der Waals surface area contributed by atoms with Crippen molar-refractivity contribution >= 4 is 12.0 Å². The molecule has 2 rings (SSSR count). The number of aliphatic carboxylic acids is 1. The van der Waals surface area contributed by atoms with Gasteiger partial charge in [-0.25, -0.2) is 9.59 Å². The molecule has 21 heavy (non-hydrogen) atoms. The minimum Gasteiger partial charge on any atom is -0.480 e. The topological polar surface area (TPSA) is 78.4 Å². The number of carbonyl (C=O) groups is 2. The number of urea groups is 1. The summed E-state index contributed by atoms with van der Waals surface area (Å²) in [4.78, 5) is 23.3. The number of hydrogen-bond donors (Lipinski definition) is 3. The molecule has 0 aromatic heterocycles. The van der Waals surface area contributed by atoms with Gasteiger partial charge in [0.2, 0.25) is 0 Å². The van der Waals surface area contributed by atoms with Gasteiger partial charge in [-0.2, -0.15) is 0 Å². The van der Waals surface area contributed by atoms with Crippen LogP contribution < -0.4 is 10.6 Å². The lowest BCUT2D eigenvalue weighted by Crippen LogP contribution is -2.55. The fourth-order valence-electron chi connectivity index (χ4n) is 2.99. The lowest BCUT2D eigenvalue weighted by atomic mass is 9.98. The molecule has 114 valence electrons. The molecule has 0 heterocycles. The smallest absolute Gasteiger partial charge is 0.329 e. The second-order valence-electron chi connectivity index (χ2n) is 5.90. The van der Waals surface area contributed by atoms with Crippen LogP contribution in [0.4, 0.5) is 4.79 Å². The van der Waals surface area contributed by atoms with Crippen molar-refractivity contribution in [2.24, 2.45) is 0 Å². The highest BCUT2D eigenvalue weighted by atomic mass is 16.4. The van der Waals surface area contributed by atoms with Gasteiger partial charge in [0.15, 0.2) is 0 Å². The predicted molar refractivity (Wildman–Crippen MR) is 80.1 cm³/mol. The van der Waals surface area contributed by atoms with Gasteiger partial charge in [-0.15, -0.1) is 0 Å². The molecule has 2 amide bonds. The van der Waals surface area contributed by atoms with Crippen molar-refractivity contribution in [3.8, 4) is 0 Å². The summed E-state index contributed by atoms with van der Waals surface area (Å²) in [6.45, 7) is 4.41. The Morgan fingerprint density at radius 1 is 1.14 bits per heavy atom. The Balaban J connectivity index is 1.94. The molecule has 0 bridgehead atoms. The average molecular weight is 290 g/mol. The van der Waals surface area contributed by atoms with E-state index < -0.39 is 17.5 Å². The van der Waals surface area contributed by atoms with Crippen LogP contribution in [0.1, 0.15) is 42.4 Å². The van der Waals surface area contributed by atoms with E-state index in [1.54, 1.807) is 0 Å². The lowest BCUT2D eigenvalue weighted by molar-refractivity contribution is -0.144. The zero-order chi connectivity index (χ0) is 15.5. The van der Waals surface area contributed by atoms with Crippen LogP contribution in [-0.4, -0.2) is 22.6 Å². The van der Waals surface area contributed by atoms with Crippen molar-refractivity contribution < 1.29 is 14.7 Å². The van der Waals surface area contributed by atoms with E-state index >= 15 is 0 Å². The molecule has 1 aliphatic carbocycles. The average Bonchev–Trinajstić information content (AvgIpc) is 2.85. The molecule has 3 N–H and O–H groups in total. The van der Waals surface area contributed by atoms with E-state index in [0.717, 1.165) is 29.5 Å². The van der Waals surface area contributed by atoms with Crippen LogP contribution in [0.25, 0.3) is 0 Å². The molecule has 1 aliphatic rings. The highest BCUT2D eigenvalue weighted by molar-refractivity contribution is 5.86. The summed E-state index contributed by atoms with van der Waals surface area (Å²) in [5.74, 6) is -0.943. The van der Waals surface area contributed by atoms with Crippen molar-refractivity contribution in [1.82, 2.24) is 10.6 Å². The molecule has 0 atom stereocenters. The van der Waals surface area contributed by atoms with E-state index in [1.165, 1.54) is 0 Å². The molecule has 1 aromatic rings. The minimum absolute atomic E-state index is 0.393. The second-order valence-corrected chi connectivity index (χ2v) is 5.90. The molecule has 5 heteroatoms. The van der Waals surface area contributed by atoms with Crippen LogP contribution in [0.3, 0.4) is 0 Å². The molecule has 1 aromatic carbocycles. The molecule has 0 radical (unpaired) electrons. The third kappa shape index (κ3) is 3.74. The Labute approximate surface area is 124 Å². The summed E-state index contributed by atoms with van der Waals surface area (Å²) in [5.41, 5.74) is 2.21. The third-order valence-electron chi connectivity index (χ3n) is 3.95. The van der Waals surface area contributed by atoms with Crippen molar-refractivity contribution in [2.45, 2.75) is 51.6 Å². The van der Waals surface area contributed by atoms with E-state index in [0.29, 0.717) is 19.4 Å². The second kappa shape index (κ2) is 6.16. The molecule has 0 aliphatic heterocycles. The summed E-state index contributed by atoms with van der Waals surface area (Å²) < 4.78 is 0. The molecular formula is C16H22N2O3. The summed E-state index contributed by atoms with van der Waals surface area (Å²) in [6, 6.07) is 5.67. The maximum absolute atomic E-state index is 12.0. The first-order chi connectivity index (χ1) is 9.91. The van der Waals surface area contributed by atoms with E-state index in [4.69, 9.17) is 0 Å². The fourth-order valence-corrected chi connectivity index (χ4v) is 2.99. The van der Waals surface area contributed by atoms with E-state index in [2.05, 4.69) is 16.7 Å². The van der Waals surface area contributed by atoms with Gasteiger partial charge in [-0.05, 0) is 32.3 Å². The number of carboxylic acid groups (broad SMARTS) is 1. The zero-order valence-electron chi connectivity index (χ0n) is 12.5. The monoisotopic (exact) mass is 290 g/mol. The van der Waals surface area contributed by atoms with Gasteiger partial charge in [0.05, 0.1) is 0 Å². The number of nitrogens with one attached hydrogen (secondary N) is 2. The summed E-state index contributed by atoms with van der Waals surface area (Å²) in [5, 5.41) is 14.7. The van der Waals surface area contributed by atoms with Crippen LogP contribution in [-0.2, 0) is 11.3 Å². The summed E-state index contributed by atoms with van der Waals surface area (Å²) in [6.07, 6.45) is 2.67. The molecule has 5 nitrogen and oxygen atoms in total. The highest BCUT2D eigenvalue weighted by Gasteiger charge is 2.42. The molecule has 1 saturated carbocycles. The van der Waals surface area contributed by atoms with Crippen molar-refractivity contribution in [1.29, 1.82) is 0 Å². The number of amides is 2. The minimum atomic E-state index is -1.09. The molecular weight excluding hydrogens is 268 g/mol. The molecule has 0 saturated heterocycles. The Bertz CT molecular complexity index is 528. The first-order valence-electron chi connectivity index (χ1n) is 7.28. The lowest BCUT2D eigenvalue weighted by Gasteiger charge is -2.25. The normalized spacial score (nSPS) is 16.5. The maximum Gasteiger partial charge on any atom is 0.329 e. The third-order valence-corrected chi connectivity index (χ3v) is 3.95. The molecule has 1 fully saturated rings.